The maximum atomic E-state index is 14.1. The smallest absolute Gasteiger partial charge is 0.156 e. The van der Waals surface area contributed by atoms with Gasteiger partial charge in [0.15, 0.2) is 5.65 Å². The first kappa shape index (κ1) is 20.9. The molecule has 0 bridgehead atoms. The summed E-state index contributed by atoms with van der Waals surface area (Å²) < 4.78 is 15.8. The second kappa shape index (κ2) is 8.65. The molecule has 1 saturated heterocycles. The van der Waals surface area contributed by atoms with Crippen LogP contribution in [0.3, 0.4) is 0 Å². The summed E-state index contributed by atoms with van der Waals surface area (Å²) in [5, 5.41) is 11.8. The van der Waals surface area contributed by atoms with Crippen molar-refractivity contribution in [2.24, 2.45) is 0 Å². The number of hydrogen-bond acceptors (Lipinski definition) is 4. The average molecular weight is 400 g/mol. The Morgan fingerprint density at radius 2 is 1.83 bits per heavy atom. The van der Waals surface area contributed by atoms with Gasteiger partial charge in [0, 0.05) is 10.9 Å². The molecule has 0 atom stereocenters. The van der Waals surface area contributed by atoms with Crippen LogP contribution in [0.15, 0.2) is 30.6 Å². The number of likely N-dealkylation sites (tertiary alicyclic amines) is 1. The molecule has 1 aliphatic rings. The van der Waals surface area contributed by atoms with E-state index < -0.39 is 0 Å². The van der Waals surface area contributed by atoms with Crippen molar-refractivity contribution in [1.29, 1.82) is 0 Å². The highest BCUT2D eigenvalue weighted by atomic mass is 19.1. The van der Waals surface area contributed by atoms with Crippen molar-refractivity contribution in [3.8, 4) is 11.3 Å². The highest BCUT2D eigenvalue weighted by Crippen LogP contribution is 2.26. The summed E-state index contributed by atoms with van der Waals surface area (Å²) in [5.41, 5.74) is 4.56. The number of nitrogens with zero attached hydrogens (tertiary/aromatic N) is 5. The molecule has 0 saturated carbocycles. The zero-order chi connectivity index (χ0) is 19.7. The van der Waals surface area contributed by atoms with Crippen LogP contribution in [0.25, 0.3) is 27.8 Å². The number of rotatable bonds is 1. The van der Waals surface area contributed by atoms with Crippen LogP contribution in [0, 0.1) is 19.7 Å². The fourth-order valence-corrected chi connectivity index (χ4v) is 3.60. The Morgan fingerprint density at radius 1 is 1.07 bits per heavy atom. The molecule has 4 heterocycles. The lowest BCUT2D eigenvalue weighted by molar-refractivity contribution is 0.277. The molecule has 0 unspecified atom stereocenters. The molecule has 4 aromatic rings. The fraction of sp³-hybridized carbons (Fsp3) is 0.381. The molecular formula is C21H26F2N6. The minimum atomic E-state index is -0.332. The maximum absolute atomic E-state index is 14.1. The van der Waals surface area contributed by atoms with Gasteiger partial charge in [-0.05, 0) is 70.6 Å². The maximum Gasteiger partial charge on any atom is 0.156 e. The quantitative estimate of drug-likeness (QED) is 0.518. The van der Waals surface area contributed by atoms with Gasteiger partial charge in [-0.1, -0.05) is 6.42 Å². The van der Waals surface area contributed by atoms with Crippen LogP contribution < -0.4 is 0 Å². The fourth-order valence-electron chi connectivity index (χ4n) is 3.60. The van der Waals surface area contributed by atoms with Crippen LogP contribution in [0.5, 0.6) is 0 Å². The van der Waals surface area contributed by atoms with E-state index in [1.54, 1.807) is 10.7 Å². The molecule has 6 nitrogen and oxygen atoms in total. The van der Waals surface area contributed by atoms with Crippen LogP contribution in [0.4, 0.5) is 9.09 Å². The van der Waals surface area contributed by atoms with Gasteiger partial charge in [-0.3, -0.25) is 9.80 Å². The van der Waals surface area contributed by atoms with Crippen molar-refractivity contribution in [3.05, 3.63) is 47.7 Å². The first-order valence-corrected chi connectivity index (χ1v) is 9.66. The van der Waals surface area contributed by atoms with Gasteiger partial charge < -0.3 is 4.90 Å². The monoisotopic (exact) mass is 400 g/mol. The predicted octanol–water partition coefficient (Wildman–Crippen LogP) is 4.28. The van der Waals surface area contributed by atoms with E-state index in [2.05, 4.69) is 32.2 Å². The van der Waals surface area contributed by atoms with Crippen molar-refractivity contribution in [3.63, 3.8) is 0 Å². The van der Waals surface area contributed by atoms with E-state index in [9.17, 15) is 4.39 Å². The largest absolute Gasteiger partial charge is 0.306 e. The Morgan fingerprint density at radius 3 is 2.52 bits per heavy atom. The molecule has 1 aliphatic heterocycles. The molecular weight excluding hydrogens is 374 g/mol. The molecule has 0 spiro atoms. The van der Waals surface area contributed by atoms with E-state index in [0.29, 0.717) is 11.2 Å². The third kappa shape index (κ3) is 4.42. The summed E-state index contributed by atoms with van der Waals surface area (Å²) in [6.07, 6.45) is 7.74. The Hall–Kier alpha value is -2.87. The highest BCUT2D eigenvalue weighted by Gasteiger charge is 2.11. The summed E-state index contributed by atoms with van der Waals surface area (Å²) >= 11 is 0. The average Bonchev–Trinajstić information content (AvgIpc) is 3.29. The summed E-state index contributed by atoms with van der Waals surface area (Å²) in [7, 11) is 2.19. The standard InChI is InChI=1S/C15H12FN5.C6H13N.FH/c1-8-3-13(20-21-7-9(2)18-15(8)21)10-4-11-6-17-19-14(11)12(16)5-10;1-7-5-3-2-4-6-7;/h3-7H,1-2H3,(H,17,19);2-6H2,1H3;1H. The molecule has 29 heavy (non-hydrogen) atoms. The van der Waals surface area contributed by atoms with Crippen molar-refractivity contribution in [2.75, 3.05) is 20.1 Å². The van der Waals surface area contributed by atoms with Gasteiger partial charge in [0.1, 0.15) is 11.3 Å². The first-order chi connectivity index (χ1) is 13.5. The zero-order valence-electron chi connectivity index (χ0n) is 16.9. The first-order valence-electron chi connectivity index (χ1n) is 9.66. The normalized spacial score (nSPS) is 14.5. The van der Waals surface area contributed by atoms with Crippen LogP contribution in [-0.4, -0.2) is 49.8 Å². The van der Waals surface area contributed by atoms with Crippen LogP contribution in [0.1, 0.15) is 30.5 Å². The highest BCUT2D eigenvalue weighted by molar-refractivity contribution is 5.84. The Balaban J connectivity index is 0.000000257. The van der Waals surface area contributed by atoms with Gasteiger partial charge >= 0.3 is 0 Å². The summed E-state index contributed by atoms with van der Waals surface area (Å²) in [5.74, 6) is -0.332. The number of aromatic amines is 1. The predicted molar refractivity (Wildman–Crippen MR) is 111 cm³/mol. The lowest BCUT2D eigenvalue weighted by Gasteiger charge is -2.20. The summed E-state index contributed by atoms with van der Waals surface area (Å²) in [4.78, 5) is 6.81. The summed E-state index contributed by atoms with van der Waals surface area (Å²) in [6.45, 7) is 6.53. The van der Waals surface area contributed by atoms with E-state index >= 15 is 0 Å². The number of piperidine rings is 1. The minimum absolute atomic E-state index is 0. The molecule has 1 fully saturated rings. The van der Waals surface area contributed by atoms with Crippen LogP contribution in [0.2, 0.25) is 0 Å². The van der Waals surface area contributed by atoms with Gasteiger partial charge in [-0.15, -0.1) is 0 Å². The van der Waals surface area contributed by atoms with E-state index in [1.165, 1.54) is 38.4 Å². The number of fused-ring (bicyclic) bond motifs is 2. The molecule has 3 aromatic heterocycles. The third-order valence-electron chi connectivity index (χ3n) is 5.11. The second-order valence-corrected chi connectivity index (χ2v) is 7.52. The molecule has 8 heteroatoms. The zero-order valence-corrected chi connectivity index (χ0v) is 16.9. The Bertz CT molecular complexity index is 1110. The SMILES string of the molecule is CN1CCCCC1.Cc1cn2nc(-c3cc(F)c4[nH]ncc4c3)cc(C)c2n1.F. The number of aromatic nitrogens is 5. The van der Waals surface area contributed by atoms with Crippen molar-refractivity contribution < 1.29 is 9.09 Å². The molecule has 1 N–H and O–H groups in total. The minimum Gasteiger partial charge on any atom is -0.306 e. The number of nitrogens with one attached hydrogen (secondary N) is 1. The number of halogens is 2. The van der Waals surface area contributed by atoms with Crippen molar-refractivity contribution in [1.82, 2.24) is 29.7 Å². The molecule has 0 radical (unpaired) electrons. The third-order valence-corrected chi connectivity index (χ3v) is 5.11. The molecule has 0 aliphatic carbocycles. The molecule has 154 valence electrons. The molecule has 0 amide bonds. The second-order valence-electron chi connectivity index (χ2n) is 7.52. The van der Waals surface area contributed by atoms with E-state index in [0.717, 1.165) is 27.9 Å². The Labute approximate surface area is 168 Å². The molecule has 1 aromatic carbocycles. The topological polar surface area (TPSA) is 62.1 Å². The lowest BCUT2D eigenvalue weighted by atomic mass is 10.1. The van der Waals surface area contributed by atoms with Gasteiger partial charge in [0.2, 0.25) is 0 Å². The number of H-pyrrole nitrogens is 1. The van der Waals surface area contributed by atoms with E-state index in [1.807, 2.05) is 32.2 Å². The number of aryl methyl sites for hydroxylation is 2. The van der Waals surface area contributed by atoms with E-state index in [4.69, 9.17) is 0 Å². The van der Waals surface area contributed by atoms with Gasteiger partial charge in [0.25, 0.3) is 0 Å². The van der Waals surface area contributed by atoms with E-state index in [-0.39, 0.29) is 10.5 Å². The summed E-state index contributed by atoms with van der Waals surface area (Å²) in [6, 6.07) is 5.26. The number of benzene rings is 1. The number of imidazole rings is 1. The Kier molecular flexibility index (Phi) is 6.22. The lowest BCUT2D eigenvalue weighted by Crippen LogP contribution is -2.24. The van der Waals surface area contributed by atoms with Gasteiger partial charge in [-0.25, -0.2) is 13.9 Å². The van der Waals surface area contributed by atoms with Crippen LogP contribution in [-0.2, 0) is 0 Å². The van der Waals surface area contributed by atoms with Crippen molar-refractivity contribution in [2.45, 2.75) is 33.1 Å². The number of hydrogen-bond donors (Lipinski definition) is 1. The molecule has 5 rings (SSSR count). The van der Waals surface area contributed by atoms with Gasteiger partial charge in [0.05, 0.1) is 23.8 Å². The van der Waals surface area contributed by atoms with Crippen LogP contribution >= 0.6 is 0 Å². The van der Waals surface area contributed by atoms with Gasteiger partial charge in [-0.2, -0.15) is 10.2 Å². The van der Waals surface area contributed by atoms with Crippen molar-refractivity contribution >= 4 is 16.6 Å².